The van der Waals surface area contributed by atoms with E-state index in [0.717, 1.165) is 23.3 Å². The van der Waals surface area contributed by atoms with E-state index in [0.29, 0.717) is 5.02 Å². The largest absolute Gasteiger partial charge is 0.381 e. The monoisotopic (exact) mass is 430 g/mol. The molecule has 4 aromatic rings. The Morgan fingerprint density at radius 3 is 2.63 bits per heavy atom. The van der Waals surface area contributed by atoms with Gasteiger partial charge in [-0.15, -0.1) is 0 Å². The van der Waals surface area contributed by atoms with Crippen LogP contribution in [0.5, 0.6) is 0 Å². The lowest BCUT2D eigenvalue weighted by Crippen LogP contribution is -2.40. The molecule has 10 heteroatoms. The van der Waals surface area contributed by atoms with Crippen molar-refractivity contribution in [3.63, 3.8) is 0 Å². The highest BCUT2D eigenvalue weighted by Crippen LogP contribution is 2.37. The van der Waals surface area contributed by atoms with E-state index in [-0.39, 0.29) is 12.1 Å². The molecular formula is C20H17ClF2N6O. The highest BCUT2D eigenvalue weighted by atomic mass is 35.5. The number of rotatable bonds is 6. The number of nitrogens with zero attached hydrogens (tertiary/aromatic N) is 6. The first-order chi connectivity index (χ1) is 14.4. The fourth-order valence-corrected chi connectivity index (χ4v) is 3.51. The molecule has 0 aliphatic rings. The summed E-state index contributed by atoms with van der Waals surface area (Å²) in [5, 5.41) is 20.4. The summed E-state index contributed by atoms with van der Waals surface area (Å²) in [5.41, 5.74) is -0.414. The Balaban J connectivity index is 1.75. The zero-order valence-electron chi connectivity index (χ0n) is 15.8. The minimum atomic E-state index is -1.80. The molecule has 1 N–H and O–H groups in total. The second-order valence-electron chi connectivity index (χ2n) is 6.92. The minimum absolute atomic E-state index is 0.0756. The average Bonchev–Trinajstić information content (AvgIpc) is 3.39. The van der Waals surface area contributed by atoms with Crippen LogP contribution in [-0.2, 0) is 12.1 Å². The molecule has 7 nitrogen and oxygen atoms in total. The van der Waals surface area contributed by atoms with Crippen molar-refractivity contribution in [3.8, 4) is 11.1 Å². The van der Waals surface area contributed by atoms with Gasteiger partial charge in [-0.1, -0.05) is 17.7 Å². The highest BCUT2D eigenvalue weighted by Gasteiger charge is 2.40. The third kappa shape index (κ3) is 3.81. The van der Waals surface area contributed by atoms with E-state index in [1.807, 2.05) is 0 Å². The quantitative estimate of drug-likeness (QED) is 0.505. The second-order valence-corrected chi connectivity index (χ2v) is 7.35. The summed E-state index contributed by atoms with van der Waals surface area (Å²) in [6, 6.07) is 4.05. The van der Waals surface area contributed by atoms with Crippen molar-refractivity contribution in [1.29, 1.82) is 0 Å². The highest BCUT2D eigenvalue weighted by molar-refractivity contribution is 6.30. The lowest BCUT2D eigenvalue weighted by molar-refractivity contribution is -0.0368. The Kier molecular flexibility index (Phi) is 5.31. The first kappa shape index (κ1) is 20.1. The van der Waals surface area contributed by atoms with E-state index in [4.69, 9.17) is 11.6 Å². The van der Waals surface area contributed by atoms with Crippen molar-refractivity contribution in [2.75, 3.05) is 0 Å². The number of hydrogen-bond acceptors (Lipinski definition) is 5. The third-order valence-electron chi connectivity index (χ3n) is 4.99. The van der Waals surface area contributed by atoms with Gasteiger partial charge in [-0.25, -0.2) is 18.4 Å². The summed E-state index contributed by atoms with van der Waals surface area (Å²) >= 11 is 6.01. The van der Waals surface area contributed by atoms with E-state index in [1.165, 1.54) is 34.3 Å². The van der Waals surface area contributed by atoms with Crippen LogP contribution in [0.3, 0.4) is 0 Å². The first-order valence-electron chi connectivity index (χ1n) is 9.02. The first-order valence-corrected chi connectivity index (χ1v) is 9.40. The number of halogens is 3. The summed E-state index contributed by atoms with van der Waals surface area (Å²) in [7, 11) is 0. The van der Waals surface area contributed by atoms with Gasteiger partial charge in [0, 0.05) is 41.3 Å². The molecule has 0 bridgehead atoms. The van der Waals surface area contributed by atoms with Gasteiger partial charge in [0.2, 0.25) is 0 Å². The van der Waals surface area contributed by atoms with Crippen LogP contribution in [0.2, 0.25) is 5.02 Å². The molecule has 0 unspecified atom stereocenters. The van der Waals surface area contributed by atoms with Gasteiger partial charge >= 0.3 is 0 Å². The van der Waals surface area contributed by atoms with Gasteiger partial charge in [-0.2, -0.15) is 10.2 Å². The van der Waals surface area contributed by atoms with E-state index >= 15 is 0 Å². The predicted molar refractivity (Wildman–Crippen MR) is 105 cm³/mol. The summed E-state index contributed by atoms with van der Waals surface area (Å²) < 4.78 is 31.0. The summed E-state index contributed by atoms with van der Waals surface area (Å²) in [4.78, 5) is 7.92. The maximum atomic E-state index is 14.7. The van der Waals surface area contributed by atoms with E-state index in [2.05, 4.69) is 20.2 Å². The Morgan fingerprint density at radius 1 is 1.10 bits per heavy atom. The average molecular weight is 431 g/mol. The van der Waals surface area contributed by atoms with Gasteiger partial charge in [0.25, 0.3) is 0 Å². The molecule has 3 heterocycles. The third-order valence-corrected chi connectivity index (χ3v) is 5.20. The number of aromatic nitrogens is 6. The number of benzene rings is 1. The van der Waals surface area contributed by atoms with Crippen molar-refractivity contribution in [2.24, 2.45) is 0 Å². The Labute approximate surface area is 175 Å². The predicted octanol–water partition coefficient (Wildman–Crippen LogP) is 3.62. The maximum absolute atomic E-state index is 14.7. The molecule has 154 valence electrons. The standard InChI is InChI=1S/C20H17ClF2N6O/c1-13(29-9-15(7-26-29)14-4-16(21)8-24-6-14)20(30,10-28-12-25-11-27-28)18-3-2-17(22)5-19(18)23/h2-9,11-13,30H,10H2,1H3/t13-,20-/m1/s1. The molecule has 0 fully saturated rings. The fraction of sp³-hybridized carbons (Fsp3) is 0.200. The van der Waals surface area contributed by atoms with Crippen molar-refractivity contribution >= 4 is 11.6 Å². The van der Waals surface area contributed by atoms with Gasteiger partial charge in [-0.3, -0.25) is 9.67 Å². The lowest BCUT2D eigenvalue weighted by atomic mass is 9.86. The van der Waals surface area contributed by atoms with Crippen LogP contribution >= 0.6 is 11.6 Å². The molecule has 0 aliphatic heterocycles. The molecule has 2 atom stereocenters. The molecule has 0 saturated heterocycles. The van der Waals surface area contributed by atoms with Crippen LogP contribution < -0.4 is 0 Å². The van der Waals surface area contributed by atoms with Gasteiger partial charge in [0.1, 0.15) is 29.9 Å². The molecule has 0 spiro atoms. The van der Waals surface area contributed by atoms with Crippen molar-refractivity contribution in [1.82, 2.24) is 29.5 Å². The molecule has 0 radical (unpaired) electrons. The van der Waals surface area contributed by atoms with Gasteiger partial charge in [0.05, 0.1) is 23.8 Å². The van der Waals surface area contributed by atoms with Crippen LogP contribution in [0.4, 0.5) is 8.78 Å². The summed E-state index contributed by atoms with van der Waals surface area (Å²) in [5.74, 6) is -1.60. The van der Waals surface area contributed by atoms with Crippen LogP contribution in [0, 0.1) is 11.6 Å². The maximum Gasteiger partial charge on any atom is 0.137 e. The van der Waals surface area contributed by atoms with Gasteiger partial charge in [-0.05, 0) is 19.1 Å². The van der Waals surface area contributed by atoms with Crippen LogP contribution in [0.25, 0.3) is 11.1 Å². The van der Waals surface area contributed by atoms with Crippen LogP contribution in [-0.4, -0.2) is 34.6 Å². The summed E-state index contributed by atoms with van der Waals surface area (Å²) in [6.07, 6.45) is 9.17. The molecule has 0 saturated carbocycles. The Hall–Kier alpha value is -3.17. The topological polar surface area (TPSA) is 81.6 Å². The van der Waals surface area contributed by atoms with Gasteiger partial charge < -0.3 is 5.11 Å². The SMILES string of the molecule is C[C@@H](n1cc(-c2cncc(Cl)c2)cn1)[C@](O)(Cn1cncn1)c1ccc(F)cc1F. The summed E-state index contributed by atoms with van der Waals surface area (Å²) in [6.45, 7) is 1.57. The number of pyridine rings is 1. The Bertz CT molecular complexity index is 1170. The fourth-order valence-electron chi connectivity index (χ4n) is 3.33. The molecular weight excluding hydrogens is 414 g/mol. The molecule has 30 heavy (non-hydrogen) atoms. The molecule has 0 amide bonds. The second kappa shape index (κ2) is 7.92. The van der Waals surface area contributed by atoms with Crippen molar-refractivity contribution in [2.45, 2.75) is 25.1 Å². The number of aliphatic hydroxyl groups is 1. The zero-order chi connectivity index (χ0) is 21.3. The molecule has 0 aliphatic carbocycles. The normalized spacial score (nSPS) is 14.4. The van der Waals surface area contributed by atoms with Crippen molar-refractivity contribution in [3.05, 3.63) is 83.9 Å². The smallest absolute Gasteiger partial charge is 0.137 e. The van der Waals surface area contributed by atoms with Gasteiger partial charge in [0.15, 0.2) is 0 Å². The van der Waals surface area contributed by atoms with E-state index < -0.39 is 23.3 Å². The Morgan fingerprint density at radius 2 is 1.93 bits per heavy atom. The minimum Gasteiger partial charge on any atom is -0.381 e. The molecule has 4 rings (SSSR count). The molecule has 3 aromatic heterocycles. The number of hydrogen-bond donors (Lipinski definition) is 1. The van der Waals surface area contributed by atoms with E-state index in [1.54, 1.807) is 31.6 Å². The lowest BCUT2D eigenvalue weighted by Gasteiger charge is -2.34. The zero-order valence-corrected chi connectivity index (χ0v) is 16.6. The molecule has 1 aromatic carbocycles. The van der Waals surface area contributed by atoms with Crippen LogP contribution in [0.15, 0.2) is 61.7 Å². The van der Waals surface area contributed by atoms with E-state index in [9.17, 15) is 13.9 Å². The van der Waals surface area contributed by atoms with Crippen molar-refractivity contribution < 1.29 is 13.9 Å². The van der Waals surface area contributed by atoms with Crippen LogP contribution in [0.1, 0.15) is 18.5 Å².